The van der Waals surface area contributed by atoms with Crippen LogP contribution in [0.5, 0.6) is 17.2 Å². The molecule has 0 fully saturated rings. The molecule has 0 saturated carbocycles. The van der Waals surface area contributed by atoms with Gasteiger partial charge in [-0.3, -0.25) is 4.90 Å². The number of nitrogens with one attached hydrogen (secondary N) is 2. The molecular formula is C25H36N4O3. The average Bonchev–Trinajstić information content (AvgIpc) is 2.84. The lowest BCUT2D eigenvalue weighted by molar-refractivity contribution is 0.191. The molecule has 7 heteroatoms. The molecule has 2 N–H and O–H groups in total. The van der Waals surface area contributed by atoms with E-state index in [0.29, 0.717) is 29.8 Å². The Morgan fingerprint density at radius 1 is 1.03 bits per heavy atom. The number of fused-ring (bicyclic) bond motifs is 1. The summed E-state index contributed by atoms with van der Waals surface area (Å²) in [5.74, 6) is 2.65. The summed E-state index contributed by atoms with van der Waals surface area (Å²) in [6, 6.07) is 13.0. The van der Waals surface area contributed by atoms with Crippen molar-refractivity contribution < 1.29 is 14.2 Å². The molecule has 0 aliphatic carbocycles. The number of rotatable bonds is 9. The van der Waals surface area contributed by atoms with Gasteiger partial charge < -0.3 is 24.8 Å². The monoisotopic (exact) mass is 440 g/mol. The van der Waals surface area contributed by atoms with E-state index in [-0.39, 0.29) is 0 Å². The molecule has 3 rings (SSSR count). The van der Waals surface area contributed by atoms with E-state index in [1.165, 1.54) is 11.1 Å². The van der Waals surface area contributed by atoms with Crippen molar-refractivity contribution in [3.8, 4) is 17.2 Å². The summed E-state index contributed by atoms with van der Waals surface area (Å²) in [5.41, 5.74) is 3.90. The molecule has 0 radical (unpaired) electrons. The molecule has 32 heavy (non-hydrogen) atoms. The van der Waals surface area contributed by atoms with Crippen molar-refractivity contribution in [2.24, 2.45) is 4.99 Å². The Bertz CT molecular complexity index is 891. The fourth-order valence-electron chi connectivity index (χ4n) is 4.01. The van der Waals surface area contributed by atoms with Gasteiger partial charge in [-0.2, -0.15) is 0 Å². The second-order valence-corrected chi connectivity index (χ2v) is 7.95. The van der Waals surface area contributed by atoms with E-state index in [0.717, 1.165) is 44.1 Å². The van der Waals surface area contributed by atoms with Crippen molar-refractivity contribution in [3.63, 3.8) is 0 Å². The topological polar surface area (TPSA) is 67.4 Å². The molecule has 1 heterocycles. The third-order valence-electron chi connectivity index (χ3n) is 5.84. The molecule has 0 saturated heterocycles. The van der Waals surface area contributed by atoms with Crippen LogP contribution in [0.3, 0.4) is 0 Å². The van der Waals surface area contributed by atoms with Gasteiger partial charge in [0.2, 0.25) is 5.75 Å². The first kappa shape index (κ1) is 23.7. The van der Waals surface area contributed by atoms with Crippen LogP contribution in [0, 0.1) is 0 Å². The van der Waals surface area contributed by atoms with Crippen LogP contribution in [0.15, 0.2) is 41.4 Å². The third kappa shape index (κ3) is 5.85. The lowest BCUT2D eigenvalue weighted by atomic mass is 9.99. The van der Waals surface area contributed by atoms with Crippen LogP contribution in [0.1, 0.15) is 30.5 Å². The third-order valence-corrected chi connectivity index (χ3v) is 5.84. The first-order valence-corrected chi connectivity index (χ1v) is 11.2. The summed E-state index contributed by atoms with van der Waals surface area (Å²) in [6.07, 6.45) is 1.11. The molecule has 0 aromatic heterocycles. The van der Waals surface area contributed by atoms with Crippen LogP contribution in [0.2, 0.25) is 0 Å². The predicted molar refractivity (Wildman–Crippen MR) is 129 cm³/mol. The van der Waals surface area contributed by atoms with E-state index in [1.807, 2.05) is 12.1 Å². The fraction of sp³-hybridized carbons (Fsp3) is 0.480. The van der Waals surface area contributed by atoms with Crippen LogP contribution in [-0.4, -0.2) is 57.9 Å². The van der Waals surface area contributed by atoms with Gasteiger partial charge in [0.15, 0.2) is 17.5 Å². The van der Waals surface area contributed by atoms with Gasteiger partial charge in [-0.05, 0) is 49.1 Å². The first-order chi connectivity index (χ1) is 15.6. The number of hydrogen-bond acceptors (Lipinski definition) is 5. The Labute approximate surface area is 191 Å². The van der Waals surface area contributed by atoms with Gasteiger partial charge >= 0.3 is 0 Å². The van der Waals surface area contributed by atoms with Crippen LogP contribution < -0.4 is 24.8 Å². The zero-order valence-electron chi connectivity index (χ0n) is 19.9. The number of guanidine groups is 1. The Morgan fingerprint density at radius 3 is 2.34 bits per heavy atom. The Hall–Kier alpha value is -2.93. The Kier molecular flexibility index (Phi) is 8.62. The highest BCUT2D eigenvalue weighted by molar-refractivity contribution is 5.79. The molecule has 174 valence electrons. The summed E-state index contributed by atoms with van der Waals surface area (Å²) >= 11 is 0. The second kappa shape index (κ2) is 11.6. The summed E-state index contributed by atoms with van der Waals surface area (Å²) in [7, 11) is 4.85. The molecule has 1 atom stereocenters. The van der Waals surface area contributed by atoms with E-state index in [2.05, 4.69) is 53.6 Å². The van der Waals surface area contributed by atoms with E-state index >= 15 is 0 Å². The summed E-state index contributed by atoms with van der Waals surface area (Å²) in [4.78, 5) is 7.29. The van der Waals surface area contributed by atoms with Crippen molar-refractivity contribution in [2.75, 3.05) is 41.0 Å². The zero-order chi connectivity index (χ0) is 22.9. The zero-order valence-corrected chi connectivity index (χ0v) is 19.9. The predicted octanol–water partition coefficient (Wildman–Crippen LogP) is 3.21. The van der Waals surface area contributed by atoms with Gasteiger partial charge in [0, 0.05) is 32.2 Å². The number of ether oxygens (including phenoxy) is 3. The van der Waals surface area contributed by atoms with Crippen LogP contribution >= 0.6 is 0 Å². The normalized spacial score (nSPS) is 15.0. The van der Waals surface area contributed by atoms with E-state index in [1.54, 1.807) is 21.3 Å². The summed E-state index contributed by atoms with van der Waals surface area (Å²) < 4.78 is 16.3. The number of nitrogens with zero attached hydrogens (tertiary/aromatic N) is 2. The van der Waals surface area contributed by atoms with Crippen LogP contribution in [-0.2, 0) is 19.5 Å². The van der Waals surface area contributed by atoms with E-state index in [9.17, 15) is 0 Å². The molecule has 1 aliphatic rings. The lowest BCUT2D eigenvalue weighted by Crippen LogP contribution is -2.47. The standard InChI is InChI=1S/C25H36N4O3/c1-6-26-25(28-16-19-13-22(30-3)24(32-5)23(14-19)31-4)27-15-18(2)29-12-11-20-9-7-8-10-21(20)17-29/h7-10,13-14,18H,6,11-12,15-17H2,1-5H3,(H2,26,27,28). The molecule has 0 spiro atoms. The average molecular weight is 441 g/mol. The maximum absolute atomic E-state index is 5.45. The SMILES string of the molecule is CCNC(=NCc1cc(OC)c(OC)c(OC)c1)NCC(C)N1CCc2ccccc2C1. The van der Waals surface area contributed by atoms with Crippen molar-refractivity contribution in [1.82, 2.24) is 15.5 Å². The molecule has 0 bridgehead atoms. The van der Waals surface area contributed by atoms with E-state index < -0.39 is 0 Å². The first-order valence-electron chi connectivity index (χ1n) is 11.2. The number of methoxy groups -OCH3 is 3. The highest BCUT2D eigenvalue weighted by Crippen LogP contribution is 2.38. The maximum Gasteiger partial charge on any atom is 0.203 e. The van der Waals surface area contributed by atoms with Crippen molar-refractivity contribution in [2.45, 2.75) is 39.4 Å². The molecule has 0 amide bonds. The Morgan fingerprint density at radius 2 is 1.72 bits per heavy atom. The summed E-state index contributed by atoms with van der Waals surface area (Å²) in [6.45, 7) is 8.54. The smallest absolute Gasteiger partial charge is 0.203 e. The van der Waals surface area contributed by atoms with Gasteiger partial charge in [-0.1, -0.05) is 24.3 Å². The molecular weight excluding hydrogens is 404 g/mol. The number of aliphatic imine (C=N–C) groups is 1. The highest BCUT2D eigenvalue weighted by atomic mass is 16.5. The second-order valence-electron chi connectivity index (χ2n) is 7.95. The lowest BCUT2D eigenvalue weighted by Gasteiger charge is -2.34. The maximum atomic E-state index is 5.45. The summed E-state index contributed by atoms with van der Waals surface area (Å²) in [5, 5.41) is 6.84. The minimum Gasteiger partial charge on any atom is -0.493 e. The quantitative estimate of drug-likeness (QED) is 0.461. The fourth-order valence-corrected chi connectivity index (χ4v) is 4.01. The molecule has 1 unspecified atom stereocenters. The minimum atomic E-state index is 0.397. The van der Waals surface area contributed by atoms with E-state index in [4.69, 9.17) is 19.2 Å². The van der Waals surface area contributed by atoms with Crippen LogP contribution in [0.25, 0.3) is 0 Å². The molecule has 7 nitrogen and oxygen atoms in total. The van der Waals surface area contributed by atoms with Gasteiger partial charge in [0.25, 0.3) is 0 Å². The minimum absolute atomic E-state index is 0.397. The van der Waals surface area contributed by atoms with Gasteiger partial charge in [0.1, 0.15) is 0 Å². The molecule has 2 aromatic rings. The van der Waals surface area contributed by atoms with Crippen LogP contribution in [0.4, 0.5) is 0 Å². The number of hydrogen-bond donors (Lipinski definition) is 2. The molecule has 1 aliphatic heterocycles. The Balaban J connectivity index is 1.63. The van der Waals surface area contributed by atoms with Gasteiger partial charge in [-0.15, -0.1) is 0 Å². The largest absolute Gasteiger partial charge is 0.493 e. The molecule has 2 aromatic carbocycles. The van der Waals surface area contributed by atoms with Crippen molar-refractivity contribution in [1.29, 1.82) is 0 Å². The van der Waals surface area contributed by atoms with Crippen molar-refractivity contribution >= 4 is 5.96 Å². The van der Waals surface area contributed by atoms with Gasteiger partial charge in [-0.25, -0.2) is 4.99 Å². The van der Waals surface area contributed by atoms with Gasteiger partial charge in [0.05, 0.1) is 27.9 Å². The highest BCUT2D eigenvalue weighted by Gasteiger charge is 2.20. The number of benzene rings is 2. The van der Waals surface area contributed by atoms with Crippen molar-refractivity contribution in [3.05, 3.63) is 53.1 Å².